The summed E-state index contributed by atoms with van der Waals surface area (Å²) < 4.78 is 22.9. The second-order valence-electron chi connectivity index (χ2n) is 8.63. The molecule has 0 saturated heterocycles. The van der Waals surface area contributed by atoms with Crippen molar-refractivity contribution in [3.8, 4) is 29.1 Å². The number of nitrogens with zero attached hydrogens (tertiary/aromatic N) is 1. The van der Waals surface area contributed by atoms with E-state index in [1.165, 1.54) is 0 Å². The van der Waals surface area contributed by atoms with Crippen molar-refractivity contribution in [1.82, 2.24) is 0 Å². The van der Waals surface area contributed by atoms with Gasteiger partial charge in [-0.25, -0.2) is 4.79 Å². The molecule has 0 aliphatic carbocycles. The van der Waals surface area contributed by atoms with Gasteiger partial charge in [-0.1, -0.05) is 50.6 Å². The van der Waals surface area contributed by atoms with Crippen LogP contribution in [0.15, 0.2) is 78.2 Å². The van der Waals surface area contributed by atoms with Crippen molar-refractivity contribution in [3.63, 3.8) is 0 Å². The predicted octanol–water partition coefficient (Wildman–Crippen LogP) is 6.09. The summed E-state index contributed by atoms with van der Waals surface area (Å²) in [6.07, 6.45) is 2.79. The number of hydrogen-bond donors (Lipinski definition) is 1. The number of para-hydroxylation sites is 1. The summed E-state index contributed by atoms with van der Waals surface area (Å²) in [6, 6.07) is 21.9. The zero-order chi connectivity index (χ0) is 26.2. The molecule has 190 valence electrons. The lowest BCUT2D eigenvalue weighted by Gasteiger charge is -2.27. The molecule has 7 nitrogen and oxygen atoms in total. The minimum Gasteiger partial charge on any atom is -0.494 e. The van der Waals surface area contributed by atoms with E-state index in [9.17, 15) is 10.1 Å². The zero-order valence-electron chi connectivity index (χ0n) is 21.0. The van der Waals surface area contributed by atoms with Crippen molar-refractivity contribution in [2.24, 2.45) is 5.73 Å². The molecular weight excluding hydrogens is 468 g/mol. The maximum absolute atomic E-state index is 13.0. The van der Waals surface area contributed by atoms with E-state index in [0.717, 1.165) is 36.1 Å². The Hall–Kier alpha value is -4.44. The second-order valence-corrected chi connectivity index (χ2v) is 8.63. The first-order valence-electron chi connectivity index (χ1n) is 12.4. The molecule has 1 atom stereocenters. The van der Waals surface area contributed by atoms with Crippen LogP contribution < -0.4 is 24.7 Å². The van der Waals surface area contributed by atoms with Crippen LogP contribution >= 0.6 is 0 Å². The molecule has 3 aromatic carbocycles. The third-order valence-corrected chi connectivity index (χ3v) is 5.95. The van der Waals surface area contributed by atoms with Gasteiger partial charge in [0.1, 0.15) is 40.2 Å². The molecule has 1 aliphatic rings. The van der Waals surface area contributed by atoms with Crippen molar-refractivity contribution < 1.29 is 23.7 Å². The van der Waals surface area contributed by atoms with Crippen LogP contribution in [0.5, 0.6) is 23.0 Å². The van der Waals surface area contributed by atoms with E-state index in [1.54, 1.807) is 36.4 Å². The minimum atomic E-state index is -0.539. The van der Waals surface area contributed by atoms with Crippen LogP contribution in [0.25, 0.3) is 0 Å². The fraction of sp³-hybridized carbons (Fsp3) is 0.267. The molecule has 0 fully saturated rings. The Morgan fingerprint density at radius 2 is 1.73 bits per heavy atom. The maximum atomic E-state index is 13.0. The van der Waals surface area contributed by atoms with Gasteiger partial charge in [0.05, 0.1) is 19.1 Å². The van der Waals surface area contributed by atoms with E-state index in [-0.39, 0.29) is 5.88 Å². The highest BCUT2D eigenvalue weighted by atomic mass is 16.5. The lowest BCUT2D eigenvalue weighted by molar-refractivity contribution is 0.0730. The first kappa shape index (κ1) is 25.6. The SMILES string of the molecule is CCCCOc1ccccc1C(=O)Oc1ccc2c(c1)OC(N)=C(C#N)C2c1ccc(OCCC)cc1. The maximum Gasteiger partial charge on any atom is 0.347 e. The molecule has 1 heterocycles. The van der Waals surface area contributed by atoms with Gasteiger partial charge in [0, 0.05) is 11.6 Å². The van der Waals surface area contributed by atoms with Gasteiger partial charge in [-0.05, 0) is 48.7 Å². The summed E-state index contributed by atoms with van der Waals surface area (Å²) in [7, 11) is 0. The Morgan fingerprint density at radius 1 is 0.973 bits per heavy atom. The van der Waals surface area contributed by atoms with Gasteiger partial charge in [-0.15, -0.1) is 0 Å². The molecule has 0 radical (unpaired) electrons. The Morgan fingerprint density at radius 3 is 2.46 bits per heavy atom. The molecule has 0 aromatic heterocycles. The lowest BCUT2D eigenvalue weighted by atomic mass is 9.83. The first-order valence-corrected chi connectivity index (χ1v) is 12.4. The Balaban J connectivity index is 1.59. The highest BCUT2D eigenvalue weighted by Crippen LogP contribution is 2.43. The number of ether oxygens (including phenoxy) is 4. The van der Waals surface area contributed by atoms with Gasteiger partial charge in [-0.2, -0.15) is 5.26 Å². The molecule has 37 heavy (non-hydrogen) atoms. The molecule has 0 spiro atoms. The Bertz CT molecular complexity index is 1320. The fourth-order valence-corrected chi connectivity index (χ4v) is 4.07. The van der Waals surface area contributed by atoms with Crippen LogP contribution in [0.3, 0.4) is 0 Å². The summed E-state index contributed by atoms with van der Waals surface area (Å²) in [5, 5.41) is 9.82. The van der Waals surface area contributed by atoms with Crippen LogP contribution in [-0.4, -0.2) is 19.2 Å². The molecule has 1 unspecified atom stereocenters. The lowest BCUT2D eigenvalue weighted by Crippen LogP contribution is -2.21. The standard InChI is InChI=1S/C30H30N2O5/c1-3-5-17-35-26-9-7-6-8-24(26)30(33)36-22-14-15-23-27(18-22)37-29(32)25(19-31)28(23)20-10-12-21(13-11-20)34-16-4-2/h6-15,18,28H,3-5,16-17,32H2,1-2H3. The number of carbonyl (C=O) groups excluding carboxylic acids is 1. The second kappa shape index (κ2) is 12.0. The third-order valence-electron chi connectivity index (χ3n) is 5.95. The Labute approximate surface area is 217 Å². The number of carbonyl (C=O) groups is 1. The monoisotopic (exact) mass is 498 g/mol. The average molecular weight is 499 g/mol. The minimum absolute atomic E-state index is 0.0180. The molecule has 2 N–H and O–H groups in total. The van der Waals surface area contributed by atoms with Crippen LogP contribution in [-0.2, 0) is 0 Å². The smallest absolute Gasteiger partial charge is 0.347 e. The third kappa shape index (κ3) is 5.87. The van der Waals surface area contributed by atoms with Crippen molar-refractivity contribution in [3.05, 3.63) is 94.9 Å². The molecule has 0 amide bonds. The first-order chi connectivity index (χ1) is 18.0. The van der Waals surface area contributed by atoms with Crippen molar-refractivity contribution in [2.75, 3.05) is 13.2 Å². The molecule has 1 aliphatic heterocycles. The summed E-state index contributed by atoms with van der Waals surface area (Å²) in [4.78, 5) is 13.0. The Kier molecular flexibility index (Phi) is 8.32. The number of nitrogens with two attached hydrogens (primary N) is 1. The number of nitriles is 1. The fourth-order valence-electron chi connectivity index (χ4n) is 4.07. The van der Waals surface area contributed by atoms with E-state index in [2.05, 4.69) is 13.0 Å². The average Bonchev–Trinajstić information content (AvgIpc) is 2.91. The van der Waals surface area contributed by atoms with E-state index in [4.69, 9.17) is 24.7 Å². The van der Waals surface area contributed by atoms with Crippen LogP contribution in [0.2, 0.25) is 0 Å². The number of hydrogen-bond acceptors (Lipinski definition) is 7. The number of unbranched alkanes of at least 4 members (excludes halogenated alkanes) is 1. The molecule has 7 heteroatoms. The quantitative estimate of drug-likeness (QED) is 0.205. The molecule has 3 aromatic rings. The normalized spacial score (nSPS) is 14.2. The molecular formula is C30H30N2O5. The van der Waals surface area contributed by atoms with Crippen molar-refractivity contribution >= 4 is 5.97 Å². The van der Waals surface area contributed by atoms with Gasteiger partial charge in [0.2, 0.25) is 5.88 Å². The number of esters is 1. The number of benzene rings is 3. The van der Waals surface area contributed by atoms with Gasteiger partial charge in [0.15, 0.2) is 0 Å². The largest absolute Gasteiger partial charge is 0.494 e. The molecule has 0 bridgehead atoms. The topological polar surface area (TPSA) is 104 Å². The number of fused-ring (bicyclic) bond motifs is 1. The number of rotatable bonds is 10. The highest BCUT2D eigenvalue weighted by Gasteiger charge is 2.31. The van der Waals surface area contributed by atoms with Crippen LogP contribution in [0.4, 0.5) is 0 Å². The van der Waals surface area contributed by atoms with Crippen LogP contribution in [0, 0.1) is 11.3 Å². The summed E-state index contributed by atoms with van der Waals surface area (Å²) in [5.41, 5.74) is 8.41. The summed E-state index contributed by atoms with van der Waals surface area (Å²) >= 11 is 0. The predicted molar refractivity (Wildman–Crippen MR) is 140 cm³/mol. The van der Waals surface area contributed by atoms with Crippen LogP contribution in [0.1, 0.15) is 60.5 Å². The zero-order valence-corrected chi connectivity index (χ0v) is 21.0. The number of allylic oxidation sites excluding steroid dienone is 1. The highest BCUT2D eigenvalue weighted by molar-refractivity contribution is 5.94. The van der Waals surface area contributed by atoms with Crippen molar-refractivity contribution in [1.29, 1.82) is 5.26 Å². The summed E-state index contributed by atoms with van der Waals surface area (Å²) in [6.45, 7) is 5.27. The molecule has 4 rings (SSSR count). The van der Waals surface area contributed by atoms with Gasteiger partial charge < -0.3 is 24.7 Å². The van der Waals surface area contributed by atoms with Gasteiger partial charge in [-0.3, -0.25) is 0 Å². The van der Waals surface area contributed by atoms with E-state index in [1.807, 2.05) is 37.3 Å². The van der Waals surface area contributed by atoms with Crippen molar-refractivity contribution in [2.45, 2.75) is 39.0 Å². The van der Waals surface area contributed by atoms with E-state index in [0.29, 0.717) is 41.6 Å². The van der Waals surface area contributed by atoms with Gasteiger partial charge >= 0.3 is 5.97 Å². The molecule has 0 saturated carbocycles. The van der Waals surface area contributed by atoms with E-state index >= 15 is 0 Å². The van der Waals surface area contributed by atoms with Gasteiger partial charge in [0.25, 0.3) is 0 Å². The van der Waals surface area contributed by atoms with E-state index < -0.39 is 11.9 Å². The summed E-state index contributed by atoms with van der Waals surface area (Å²) in [5.74, 6) is 1.01.